The van der Waals surface area contributed by atoms with Crippen LogP contribution in [0.2, 0.25) is 0 Å². The first-order valence-corrected chi connectivity index (χ1v) is 5.91. The standard InChI is InChI=1S/C13H20N2O3/c1-5-6-7-12(17)18-8-11(16)15-13(4,9-14)10(2)3/h6-7,10H,5,8H2,1-4H3,(H,15,16)/b7-6+/t13-/m0/s1. The number of nitriles is 1. The van der Waals surface area contributed by atoms with Gasteiger partial charge in [-0.2, -0.15) is 5.26 Å². The summed E-state index contributed by atoms with van der Waals surface area (Å²) in [5, 5.41) is 11.6. The van der Waals surface area contributed by atoms with Crippen molar-refractivity contribution in [2.24, 2.45) is 5.92 Å². The number of ether oxygens (including phenoxy) is 1. The van der Waals surface area contributed by atoms with E-state index in [0.717, 1.165) is 6.42 Å². The minimum atomic E-state index is -0.956. The lowest BCUT2D eigenvalue weighted by Gasteiger charge is -2.27. The average molecular weight is 252 g/mol. The van der Waals surface area contributed by atoms with Crippen LogP contribution >= 0.6 is 0 Å². The van der Waals surface area contributed by atoms with Crippen molar-refractivity contribution < 1.29 is 14.3 Å². The highest BCUT2D eigenvalue weighted by molar-refractivity contribution is 5.86. The van der Waals surface area contributed by atoms with Gasteiger partial charge >= 0.3 is 5.97 Å². The third kappa shape index (κ3) is 5.48. The second kappa shape index (κ2) is 7.49. The molecule has 0 aromatic heterocycles. The van der Waals surface area contributed by atoms with E-state index >= 15 is 0 Å². The Labute approximate surface area is 108 Å². The fourth-order valence-electron chi connectivity index (χ4n) is 1.03. The molecule has 0 saturated carbocycles. The summed E-state index contributed by atoms with van der Waals surface area (Å²) < 4.78 is 4.73. The maximum atomic E-state index is 11.5. The van der Waals surface area contributed by atoms with Crippen LogP contribution in [0.5, 0.6) is 0 Å². The molecule has 0 radical (unpaired) electrons. The van der Waals surface area contributed by atoms with Crippen molar-refractivity contribution in [3.8, 4) is 6.07 Å². The molecular formula is C13H20N2O3. The maximum Gasteiger partial charge on any atom is 0.330 e. The summed E-state index contributed by atoms with van der Waals surface area (Å²) in [5.74, 6) is -1.08. The molecule has 100 valence electrons. The van der Waals surface area contributed by atoms with E-state index in [2.05, 4.69) is 5.32 Å². The molecule has 1 atom stereocenters. The minimum Gasteiger partial charge on any atom is -0.452 e. The van der Waals surface area contributed by atoms with Crippen molar-refractivity contribution in [3.63, 3.8) is 0 Å². The van der Waals surface area contributed by atoms with Gasteiger partial charge in [0.2, 0.25) is 0 Å². The van der Waals surface area contributed by atoms with Crippen LogP contribution in [0.25, 0.3) is 0 Å². The quantitative estimate of drug-likeness (QED) is 0.574. The van der Waals surface area contributed by atoms with Crippen LogP contribution in [0.15, 0.2) is 12.2 Å². The number of amides is 1. The van der Waals surface area contributed by atoms with E-state index in [1.807, 2.05) is 26.8 Å². The Morgan fingerprint density at radius 1 is 1.50 bits per heavy atom. The summed E-state index contributed by atoms with van der Waals surface area (Å²) in [4.78, 5) is 22.7. The molecule has 18 heavy (non-hydrogen) atoms. The summed E-state index contributed by atoms with van der Waals surface area (Å²) in [6.07, 6.45) is 3.65. The number of nitrogens with one attached hydrogen (secondary N) is 1. The molecule has 0 aliphatic carbocycles. The third-order valence-electron chi connectivity index (χ3n) is 2.62. The molecule has 0 aliphatic heterocycles. The molecule has 0 rings (SSSR count). The first-order chi connectivity index (χ1) is 8.35. The minimum absolute atomic E-state index is 0.0397. The van der Waals surface area contributed by atoms with Gasteiger partial charge in [-0.25, -0.2) is 4.79 Å². The van der Waals surface area contributed by atoms with Gasteiger partial charge in [0.15, 0.2) is 6.61 Å². The summed E-state index contributed by atoms with van der Waals surface area (Å²) >= 11 is 0. The SMILES string of the molecule is CC/C=C/C(=O)OCC(=O)N[C@@](C)(C#N)C(C)C. The van der Waals surface area contributed by atoms with Crippen LogP contribution < -0.4 is 5.32 Å². The molecular weight excluding hydrogens is 232 g/mol. The first kappa shape index (κ1) is 16.2. The average Bonchev–Trinajstić information content (AvgIpc) is 2.33. The Kier molecular flexibility index (Phi) is 6.73. The normalized spacial score (nSPS) is 14.0. The number of allylic oxidation sites excluding steroid dienone is 1. The molecule has 0 aromatic rings. The van der Waals surface area contributed by atoms with Crippen LogP contribution in [-0.4, -0.2) is 24.0 Å². The first-order valence-electron chi connectivity index (χ1n) is 5.91. The molecule has 0 spiro atoms. The van der Waals surface area contributed by atoms with E-state index in [0.29, 0.717) is 0 Å². The van der Waals surface area contributed by atoms with Gasteiger partial charge < -0.3 is 10.1 Å². The van der Waals surface area contributed by atoms with Gasteiger partial charge in [-0.15, -0.1) is 0 Å². The maximum absolute atomic E-state index is 11.5. The Hall–Kier alpha value is -1.83. The highest BCUT2D eigenvalue weighted by Gasteiger charge is 2.30. The zero-order chi connectivity index (χ0) is 14.2. The third-order valence-corrected chi connectivity index (χ3v) is 2.62. The lowest BCUT2D eigenvalue weighted by molar-refractivity contribution is -0.144. The van der Waals surface area contributed by atoms with E-state index in [-0.39, 0.29) is 12.5 Å². The monoisotopic (exact) mass is 252 g/mol. The van der Waals surface area contributed by atoms with E-state index < -0.39 is 17.4 Å². The lowest BCUT2D eigenvalue weighted by atomic mass is 9.90. The van der Waals surface area contributed by atoms with Crippen LogP contribution in [0.3, 0.4) is 0 Å². The Morgan fingerprint density at radius 2 is 2.11 bits per heavy atom. The van der Waals surface area contributed by atoms with Gasteiger partial charge in [0, 0.05) is 6.08 Å². The topological polar surface area (TPSA) is 79.2 Å². The highest BCUT2D eigenvalue weighted by atomic mass is 16.5. The second-order valence-corrected chi connectivity index (χ2v) is 4.44. The van der Waals surface area contributed by atoms with Crippen LogP contribution in [0.4, 0.5) is 0 Å². The predicted octanol–water partition coefficient (Wildman–Crippen LogP) is 1.55. The summed E-state index contributed by atoms with van der Waals surface area (Å²) in [7, 11) is 0. The highest BCUT2D eigenvalue weighted by Crippen LogP contribution is 2.14. The van der Waals surface area contributed by atoms with Gasteiger partial charge in [0.1, 0.15) is 5.54 Å². The number of carbonyl (C=O) groups is 2. The smallest absolute Gasteiger partial charge is 0.330 e. The van der Waals surface area contributed by atoms with Gasteiger partial charge in [-0.05, 0) is 19.3 Å². The summed E-state index contributed by atoms with van der Waals surface area (Å²) in [6, 6.07) is 2.04. The zero-order valence-corrected chi connectivity index (χ0v) is 11.3. The number of hydrogen-bond donors (Lipinski definition) is 1. The van der Waals surface area contributed by atoms with Crippen molar-refractivity contribution >= 4 is 11.9 Å². The van der Waals surface area contributed by atoms with E-state index in [1.165, 1.54) is 6.08 Å². The number of esters is 1. The molecule has 0 unspecified atom stereocenters. The van der Waals surface area contributed by atoms with Crippen LogP contribution in [0.1, 0.15) is 34.1 Å². The van der Waals surface area contributed by atoms with Gasteiger partial charge in [-0.1, -0.05) is 26.8 Å². The Balaban J connectivity index is 4.25. The van der Waals surface area contributed by atoms with Crippen molar-refractivity contribution in [2.45, 2.75) is 39.7 Å². The summed E-state index contributed by atoms with van der Waals surface area (Å²) in [5.41, 5.74) is -0.956. The number of carbonyl (C=O) groups excluding carboxylic acids is 2. The molecule has 0 aromatic carbocycles. The zero-order valence-electron chi connectivity index (χ0n) is 11.3. The van der Waals surface area contributed by atoms with Crippen molar-refractivity contribution in [3.05, 3.63) is 12.2 Å². The molecule has 1 N–H and O–H groups in total. The molecule has 0 heterocycles. The van der Waals surface area contributed by atoms with E-state index in [9.17, 15) is 9.59 Å². The van der Waals surface area contributed by atoms with Crippen molar-refractivity contribution in [1.29, 1.82) is 5.26 Å². The van der Waals surface area contributed by atoms with Gasteiger partial charge in [-0.3, -0.25) is 4.79 Å². The molecule has 0 bridgehead atoms. The Bertz CT molecular complexity index is 369. The van der Waals surface area contributed by atoms with Gasteiger partial charge in [0.05, 0.1) is 6.07 Å². The lowest BCUT2D eigenvalue weighted by Crippen LogP contribution is -2.50. The number of nitrogens with zero attached hydrogens (tertiary/aromatic N) is 1. The molecule has 1 amide bonds. The van der Waals surface area contributed by atoms with Crippen molar-refractivity contribution in [2.75, 3.05) is 6.61 Å². The van der Waals surface area contributed by atoms with E-state index in [1.54, 1.807) is 13.0 Å². The molecule has 5 nitrogen and oxygen atoms in total. The van der Waals surface area contributed by atoms with Crippen LogP contribution in [0, 0.1) is 17.2 Å². The molecule has 5 heteroatoms. The van der Waals surface area contributed by atoms with Gasteiger partial charge in [0.25, 0.3) is 5.91 Å². The molecule has 0 saturated heterocycles. The fraction of sp³-hybridized carbons (Fsp3) is 0.615. The summed E-state index contributed by atoms with van der Waals surface area (Å²) in [6.45, 7) is 6.81. The number of rotatable bonds is 6. The van der Waals surface area contributed by atoms with E-state index in [4.69, 9.17) is 10.00 Å². The Morgan fingerprint density at radius 3 is 2.56 bits per heavy atom. The van der Waals surface area contributed by atoms with Crippen molar-refractivity contribution in [1.82, 2.24) is 5.32 Å². The fourth-order valence-corrected chi connectivity index (χ4v) is 1.03. The van der Waals surface area contributed by atoms with Crippen LogP contribution in [-0.2, 0) is 14.3 Å². The largest absolute Gasteiger partial charge is 0.452 e. The molecule has 0 fully saturated rings. The molecule has 0 aliphatic rings. The second-order valence-electron chi connectivity index (χ2n) is 4.44. The number of hydrogen-bond acceptors (Lipinski definition) is 4. The predicted molar refractivity (Wildman–Crippen MR) is 67.4 cm³/mol.